The number of aliphatic hydroxyl groups excluding tert-OH is 1. The normalized spacial score (nSPS) is 16.5. The minimum Gasteiger partial charge on any atom is -0.508 e. The van der Waals surface area contributed by atoms with Gasteiger partial charge in [0.1, 0.15) is 23.4 Å². The lowest BCUT2D eigenvalue weighted by Gasteiger charge is -2.31. The molecule has 1 aliphatic rings. The largest absolute Gasteiger partial charge is 0.508 e. The molecule has 8 nitrogen and oxygen atoms in total. The Morgan fingerprint density at radius 3 is 2.09 bits per heavy atom. The Bertz CT molecular complexity index is 943. The summed E-state index contributed by atoms with van der Waals surface area (Å²) in [6.45, 7) is 2.23. The van der Waals surface area contributed by atoms with Crippen molar-refractivity contribution >= 4 is 5.97 Å². The first-order valence-corrected chi connectivity index (χ1v) is 12.4. The fraction of sp³-hybridized carbons (Fsp3) is 0.519. The van der Waals surface area contributed by atoms with Crippen LogP contribution in [0.4, 0.5) is 0 Å². The molecule has 0 radical (unpaired) electrons. The van der Waals surface area contributed by atoms with Crippen LogP contribution in [0.2, 0.25) is 0 Å². The summed E-state index contributed by atoms with van der Waals surface area (Å²) in [4.78, 5) is 10.2. The number of carbonyl (C=O) groups is 1. The molecule has 194 valence electrons. The monoisotopic (exact) mass is 490 g/mol. The zero-order valence-electron chi connectivity index (χ0n) is 20.3. The van der Waals surface area contributed by atoms with Crippen LogP contribution in [0.25, 0.3) is 0 Å². The van der Waals surface area contributed by atoms with Crippen LogP contribution in [0.15, 0.2) is 30.3 Å². The Labute approximate surface area is 206 Å². The van der Waals surface area contributed by atoms with Gasteiger partial charge >= 0.3 is 5.97 Å². The first-order chi connectivity index (χ1) is 16.7. The molecule has 6 N–H and O–H groups in total. The van der Waals surface area contributed by atoms with Crippen LogP contribution in [0.5, 0.6) is 28.7 Å². The quantitative estimate of drug-likeness (QED) is 0.178. The van der Waals surface area contributed by atoms with Crippen molar-refractivity contribution in [2.45, 2.75) is 89.8 Å². The summed E-state index contributed by atoms with van der Waals surface area (Å²) >= 11 is 0. The molecule has 2 aromatic rings. The summed E-state index contributed by atoms with van der Waals surface area (Å²) in [7, 11) is 0. The predicted octanol–water partition coefficient (Wildman–Crippen LogP) is 5.54. The van der Waals surface area contributed by atoms with Crippen molar-refractivity contribution in [3.05, 3.63) is 41.5 Å². The van der Waals surface area contributed by atoms with Gasteiger partial charge in [-0.2, -0.15) is 0 Å². The minimum atomic E-state index is -0.933. The third-order valence-corrected chi connectivity index (χ3v) is 6.01. The van der Waals surface area contributed by atoms with Crippen LogP contribution in [0.3, 0.4) is 0 Å². The maximum atomic E-state index is 10.2. The minimum absolute atomic E-state index is 0.143. The molecular formula is C27H38O8. The number of benzene rings is 2. The van der Waals surface area contributed by atoms with Crippen molar-refractivity contribution in [1.82, 2.24) is 0 Å². The van der Waals surface area contributed by atoms with Crippen LogP contribution >= 0.6 is 0 Å². The molecule has 0 unspecified atom stereocenters. The fourth-order valence-corrected chi connectivity index (χ4v) is 4.05. The summed E-state index contributed by atoms with van der Waals surface area (Å²) in [6.07, 6.45) is 9.92. The molecule has 0 fully saturated rings. The van der Waals surface area contributed by atoms with E-state index in [-0.39, 0.29) is 35.2 Å². The van der Waals surface area contributed by atoms with E-state index in [0.29, 0.717) is 17.5 Å². The highest BCUT2D eigenvalue weighted by atomic mass is 16.5. The number of fused-ring (bicyclic) bond motifs is 1. The van der Waals surface area contributed by atoms with E-state index in [2.05, 4.69) is 6.92 Å². The number of hydrogen-bond acceptors (Lipinski definition) is 7. The van der Waals surface area contributed by atoms with Crippen molar-refractivity contribution < 1.29 is 40.2 Å². The Kier molecular flexibility index (Phi) is 11.5. The lowest BCUT2D eigenvalue weighted by molar-refractivity contribution is -0.137. The number of unbranched alkanes of at least 4 members (excludes halogenated alkanes) is 8. The second-order valence-electron chi connectivity index (χ2n) is 8.97. The molecule has 0 spiro atoms. The highest BCUT2D eigenvalue weighted by Crippen LogP contribution is 2.42. The molecular weight excluding hydrogens is 452 g/mol. The fourth-order valence-electron chi connectivity index (χ4n) is 4.05. The molecule has 0 aromatic heterocycles. The second-order valence-corrected chi connectivity index (χ2v) is 8.97. The molecule has 0 amide bonds. The smallest absolute Gasteiger partial charge is 0.303 e. The standard InChI is InChI=1S/C15H14O6.C12H24O2/c16-8-4-11(18)9-6-13(20)15(21-14(9)5-8)7-1-2-10(17)12(19)3-7;1-2-3-4-5-6-7-8-9-10-11-12(13)14/h1-5,13,15-20H,6H2;2-11H2,1H3,(H,13,14)/t13-,15+;/m0./s1. The predicted molar refractivity (Wildman–Crippen MR) is 132 cm³/mol. The van der Waals surface area contributed by atoms with E-state index in [9.17, 15) is 30.3 Å². The maximum absolute atomic E-state index is 10.2. The SMILES string of the molecule is CCCCCCCCCCCC(=O)O.Oc1cc(O)c2c(c1)O[C@H](c1ccc(O)c(O)c1)[C@@H](O)C2. The summed E-state index contributed by atoms with van der Waals surface area (Å²) in [6, 6.07) is 6.67. The van der Waals surface area contributed by atoms with Gasteiger partial charge in [0.2, 0.25) is 0 Å². The number of carboxylic acid groups (broad SMARTS) is 1. The van der Waals surface area contributed by atoms with Gasteiger partial charge in [-0.25, -0.2) is 0 Å². The number of phenols is 4. The average Bonchev–Trinajstić information content (AvgIpc) is 2.80. The van der Waals surface area contributed by atoms with Gasteiger partial charge in [-0.3, -0.25) is 4.79 Å². The molecule has 0 aliphatic carbocycles. The number of rotatable bonds is 11. The molecule has 0 saturated heterocycles. The van der Waals surface area contributed by atoms with Gasteiger partial charge in [0.25, 0.3) is 0 Å². The van der Waals surface area contributed by atoms with Gasteiger partial charge < -0.3 is 35.4 Å². The zero-order valence-corrected chi connectivity index (χ0v) is 20.3. The highest BCUT2D eigenvalue weighted by molar-refractivity contribution is 5.66. The van der Waals surface area contributed by atoms with Crippen LogP contribution in [-0.4, -0.2) is 42.7 Å². The molecule has 3 rings (SSSR count). The van der Waals surface area contributed by atoms with Crippen molar-refractivity contribution in [1.29, 1.82) is 0 Å². The molecule has 2 atom stereocenters. The number of aliphatic carboxylic acids is 1. The lowest BCUT2D eigenvalue weighted by atomic mass is 9.94. The molecule has 35 heavy (non-hydrogen) atoms. The number of hydrogen-bond donors (Lipinski definition) is 6. The van der Waals surface area contributed by atoms with E-state index < -0.39 is 18.2 Å². The highest BCUT2D eigenvalue weighted by Gasteiger charge is 2.32. The van der Waals surface area contributed by atoms with E-state index in [0.717, 1.165) is 12.8 Å². The number of phenolic OH excluding ortho intramolecular Hbond substituents is 4. The number of carboxylic acids is 1. The Hall–Kier alpha value is -3.13. The number of aliphatic hydroxyl groups is 1. The maximum Gasteiger partial charge on any atom is 0.303 e. The molecule has 0 saturated carbocycles. The van der Waals surface area contributed by atoms with Crippen molar-refractivity contribution in [3.63, 3.8) is 0 Å². The first-order valence-electron chi connectivity index (χ1n) is 12.4. The molecule has 1 heterocycles. The molecule has 1 aliphatic heterocycles. The van der Waals surface area contributed by atoms with Crippen molar-refractivity contribution in [3.8, 4) is 28.7 Å². The van der Waals surface area contributed by atoms with Crippen LogP contribution in [-0.2, 0) is 11.2 Å². The van der Waals surface area contributed by atoms with Gasteiger partial charge in [-0.05, 0) is 24.1 Å². The molecule has 0 bridgehead atoms. The summed E-state index contributed by atoms with van der Waals surface area (Å²) < 4.78 is 5.62. The Balaban J connectivity index is 0.000000271. The molecule has 8 heteroatoms. The van der Waals surface area contributed by atoms with E-state index in [1.54, 1.807) is 0 Å². The van der Waals surface area contributed by atoms with Crippen molar-refractivity contribution in [2.24, 2.45) is 0 Å². The zero-order chi connectivity index (χ0) is 25.8. The van der Waals surface area contributed by atoms with E-state index in [4.69, 9.17) is 9.84 Å². The lowest BCUT2D eigenvalue weighted by Crippen LogP contribution is -2.30. The van der Waals surface area contributed by atoms with Gasteiger partial charge in [0, 0.05) is 30.5 Å². The van der Waals surface area contributed by atoms with E-state index in [1.165, 1.54) is 75.3 Å². The summed E-state index contributed by atoms with van der Waals surface area (Å²) in [5.74, 6) is -1.25. The average molecular weight is 491 g/mol. The summed E-state index contributed by atoms with van der Waals surface area (Å²) in [5, 5.41) is 56.7. The summed E-state index contributed by atoms with van der Waals surface area (Å²) in [5.41, 5.74) is 0.894. The second kappa shape index (κ2) is 14.3. The van der Waals surface area contributed by atoms with Gasteiger partial charge in [0.15, 0.2) is 11.5 Å². The van der Waals surface area contributed by atoms with Gasteiger partial charge in [-0.1, -0.05) is 64.4 Å². The topological polar surface area (TPSA) is 148 Å². The van der Waals surface area contributed by atoms with Crippen LogP contribution in [0, 0.1) is 0 Å². The number of ether oxygens (including phenoxy) is 1. The van der Waals surface area contributed by atoms with Gasteiger partial charge in [0.05, 0.1) is 6.10 Å². The number of aromatic hydroxyl groups is 4. The van der Waals surface area contributed by atoms with E-state index >= 15 is 0 Å². The van der Waals surface area contributed by atoms with Crippen LogP contribution < -0.4 is 4.74 Å². The van der Waals surface area contributed by atoms with E-state index in [1.807, 2.05) is 0 Å². The molecule has 2 aromatic carbocycles. The van der Waals surface area contributed by atoms with Crippen LogP contribution in [0.1, 0.15) is 88.4 Å². The first kappa shape index (κ1) is 28.1. The Morgan fingerprint density at radius 1 is 0.857 bits per heavy atom. The third-order valence-electron chi connectivity index (χ3n) is 6.01. The van der Waals surface area contributed by atoms with Gasteiger partial charge in [-0.15, -0.1) is 0 Å². The van der Waals surface area contributed by atoms with Crippen molar-refractivity contribution in [2.75, 3.05) is 0 Å². The third kappa shape index (κ3) is 9.20. The Morgan fingerprint density at radius 2 is 1.49 bits per heavy atom.